The van der Waals surface area contributed by atoms with Crippen molar-refractivity contribution in [3.8, 4) is 5.75 Å². The van der Waals surface area contributed by atoms with Crippen LogP contribution in [-0.4, -0.2) is 25.6 Å². The topological polar surface area (TPSA) is 64.6 Å². The number of ether oxygens (including phenoxy) is 2. The zero-order valence-electron chi connectivity index (χ0n) is 19.5. The molecule has 1 aromatic heterocycles. The van der Waals surface area contributed by atoms with E-state index in [-0.39, 0.29) is 17.3 Å². The molecule has 32 heavy (non-hydrogen) atoms. The molecule has 0 saturated carbocycles. The highest BCUT2D eigenvalue weighted by molar-refractivity contribution is 9.10. The van der Waals surface area contributed by atoms with Gasteiger partial charge in [0, 0.05) is 11.3 Å². The minimum absolute atomic E-state index is 0.118. The Morgan fingerprint density at radius 2 is 2.03 bits per heavy atom. The zero-order chi connectivity index (χ0) is 23.5. The zero-order valence-corrected chi connectivity index (χ0v) is 21.9. The van der Waals surface area contributed by atoms with E-state index in [1.165, 1.54) is 23.3 Å². The first kappa shape index (κ1) is 24.8. The molecule has 0 radical (unpaired) electrons. The monoisotopic (exact) mass is 521 g/mol. The largest absolute Gasteiger partial charge is 0.492 e. The van der Waals surface area contributed by atoms with E-state index in [4.69, 9.17) is 9.47 Å². The van der Waals surface area contributed by atoms with Crippen molar-refractivity contribution >= 4 is 44.1 Å². The predicted octanol–water partition coefficient (Wildman–Crippen LogP) is 6.55. The maximum Gasteiger partial charge on any atom is 0.341 e. The number of carbonyl (C=O) groups excluding carboxylic acids is 2. The number of benzene rings is 1. The first-order valence-corrected chi connectivity index (χ1v) is 12.6. The Balaban J connectivity index is 1.62. The number of methoxy groups -OCH3 is 1. The van der Waals surface area contributed by atoms with E-state index in [0.717, 1.165) is 40.6 Å². The quantitative estimate of drug-likeness (QED) is 0.331. The summed E-state index contributed by atoms with van der Waals surface area (Å²) in [4.78, 5) is 26.3. The van der Waals surface area contributed by atoms with E-state index < -0.39 is 0 Å². The van der Waals surface area contributed by atoms with Crippen LogP contribution in [0.4, 0.5) is 5.00 Å². The van der Waals surface area contributed by atoms with Gasteiger partial charge in [-0.25, -0.2) is 4.79 Å². The smallest absolute Gasteiger partial charge is 0.341 e. The molecule has 1 N–H and O–H groups in total. The van der Waals surface area contributed by atoms with Crippen LogP contribution in [0.2, 0.25) is 0 Å². The molecule has 1 atom stereocenters. The molecule has 1 heterocycles. The number of carbonyl (C=O) groups is 2. The molecule has 1 aliphatic carbocycles. The molecule has 7 heteroatoms. The van der Waals surface area contributed by atoms with Crippen molar-refractivity contribution in [1.29, 1.82) is 0 Å². The van der Waals surface area contributed by atoms with Crippen molar-refractivity contribution in [1.82, 2.24) is 0 Å². The standard InChI is InChI=1S/C25H32BrNO4S/c1-15-8-11-19(18(26)13-15)31-12-6-7-21(28)27-23-22(24(29)30-5)17-10-9-16(25(2,3)4)14-20(17)32-23/h8,11,13,16H,6-7,9-10,12,14H2,1-5H3,(H,27,28). The van der Waals surface area contributed by atoms with Crippen LogP contribution in [0.3, 0.4) is 0 Å². The van der Waals surface area contributed by atoms with Gasteiger partial charge in [0.05, 0.1) is 23.8 Å². The van der Waals surface area contributed by atoms with E-state index >= 15 is 0 Å². The van der Waals surface area contributed by atoms with Crippen LogP contribution in [0.5, 0.6) is 5.75 Å². The molecule has 1 unspecified atom stereocenters. The lowest BCUT2D eigenvalue weighted by Crippen LogP contribution is -2.26. The van der Waals surface area contributed by atoms with Crippen molar-refractivity contribution in [2.75, 3.05) is 19.0 Å². The Kier molecular flexibility index (Phi) is 8.04. The number of thiophene rings is 1. The summed E-state index contributed by atoms with van der Waals surface area (Å²) >= 11 is 5.02. The average Bonchev–Trinajstić information content (AvgIpc) is 3.08. The van der Waals surface area contributed by atoms with Gasteiger partial charge < -0.3 is 14.8 Å². The summed E-state index contributed by atoms with van der Waals surface area (Å²) in [5.74, 6) is 0.830. The van der Waals surface area contributed by atoms with Crippen LogP contribution in [-0.2, 0) is 22.4 Å². The third-order valence-electron chi connectivity index (χ3n) is 6.03. The van der Waals surface area contributed by atoms with Crippen molar-refractivity contribution in [2.24, 2.45) is 11.3 Å². The molecule has 1 aromatic carbocycles. The van der Waals surface area contributed by atoms with E-state index in [9.17, 15) is 9.59 Å². The lowest BCUT2D eigenvalue weighted by molar-refractivity contribution is -0.116. The lowest BCUT2D eigenvalue weighted by atomic mass is 9.72. The normalized spacial score (nSPS) is 15.8. The number of amides is 1. The molecule has 0 fully saturated rings. The van der Waals surface area contributed by atoms with E-state index in [1.807, 2.05) is 25.1 Å². The van der Waals surface area contributed by atoms with Gasteiger partial charge in [0.2, 0.25) is 5.91 Å². The fourth-order valence-corrected chi connectivity index (χ4v) is 6.00. The summed E-state index contributed by atoms with van der Waals surface area (Å²) in [6.45, 7) is 9.24. The van der Waals surface area contributed by atoms with E-state index in [2.05, 4.69) is 42.0 Å². The number of halogens is 1. The summed E-state index contributed by atoms with van der Waals surface area (Å²) < 4.78 is 11.7. The highest BCUT2D eigenvalue weighted by Gasteiger charge is 2.34. The number of hydrogen-bond donors (Lipinski definition) is 1. The Labute approximate surface area is 203 Å². The highest BCUT2D eigenvalue weighted by atomic mass is 79.9. The molecular formula is C25H32BrNO4S. The van der Waals surface area contributed by atoms with E-state index in [1.54, 1.807) is 0 Å². The molecule has 1 amide bonds. The van der Waals surface area contributed by atoms with Crippen molar-refractivity contribution in [2.45, 2.75) is 59.8 Å². The van der Waals surface area contributed by atoms with Gasteiger partial charge >= 0.3 is 5.97 Å². The fraction of sp³-hybridized carbons (Fsp3) is 0.520. The van der Waals surface area contributed by atoms with Crippen LogP contribution in [0.25, 0.3) is 0 Å². The van der Waals surface area contributed by atoms with Crippen LogP contribution in [0.1, 0.15) is 66.4 Å². The highest BCUT2D eigenvalue weighted by Crippen LogP contribution is 2.44. The van der Waals surface area contributed by atoms with Gasteiger partial charge in [-0.05, 0) is 83.1 Å². The SMILES string of the molecule is COC(=O)c1c(NC(=O)CCCOc2ccc(C)cc2Br)sc2c1CCC(C(C)(C)C)C2. The van der Waals surface area contributed by atoms with Crippen LogP contribution < -0.4 is 10.1 Å². The summed E-state index contributed by atoms with van der Waals surface area (Å²) in [7, 11) is 1.39. The second-order valence-electron chi connectivity index (χ2n) is 9.44. The second kappa shape index (κ2) is 10.4. The second-order valence-corrected chi connectivity index (χ2v) is 11.4. The minimum atomic E-state index is -0.375. The Hall–Kier alpha value is -1.86. The maximum atomic E-state index is 12.6. The molecule has 2 aromatic rings. The predicted molar refractivity (Wildman–Crippen MR) is 133 cm³/mol. The minimum Gasteiger partial charge on any atom is -0.492 e. The Bertz CT molecular complexity index is 993. The molecule has 0 aliphatic heterocycles. The summed E-state index contributed by atoms with van der Waals surface area (Å²) in [5, 5.41) is 3.58. The molecule has 0 spiro atoms. The number of anilines is 1. The Morgan fingerprint density at radius 1 is 1.28 bits per heavy atom. The molecule has 0 bridgehead atoms. The molecule has 5 nitrogen and oxygen atoms in total. The first-order chi connectivity index (χ1) is 15.1. The number of aryl methyl sites for hydroxylation is 1. The van der Waals surface area contributed by atoms with Crippen molar-refractivity contribution < 1.29 is 19.1 Å². The molecule has 0 saturated heterocycles. The molecule has 174 valence electrons. The summed E-state index contributed by atoms with van der Waals surface area (Å²) in [5.41, 5.74) is 2.94. The van der Waals surface area contributed by atoms with Gasteiger partial charge in [-0.1, -0.05) is 26.8 Å². The third-order valence-corrected chi connectivity index (χ3v) is 7.82. The molecular weight excluding hydrogens is 490 g/mol. The first-order valence-electron chi connectivity index (χ1n) is 11.0. The van der Waals surface area contributed by atoms with Crippen molar-refractivity contribution in [3.63, 3.8) is 0 Å². The molecule has 3 rings (SSSR count). The molecule has 1 aliphatic rings. The van der Waals surface area contributed by atoms with Gasteiger partial charge in [-0.2, -0.15) is 0 Å². The average molecular weight is 523 g/mol. The lowest BCUT2D eigenvalue weighted by Gasteiger charge is -2.33. The number of hydrogen-bond acceptors (Lipinski definition) is 5. The number of esters is 1. The van der Waals surface area contributed by atoms with E-state index in [0.29, 0.717) is 35.9 Å². The van der Waals surface area contributed by atoms with Gasteiger partial charge in [0.15, 0.2) is 0 Å². The third kappa shape index (κ3) is 5.93. The number of rotatable bonds is 7. The number of fused-ring (bicyclic) bond motifs is 1. The van der Waals surface area contributed by atoms with Gasteiger partial charge in [0.1, 0.15) is 10.8 Å². The number of nitrogens with one attached hydrogen (secondary N) is 1. The maximum absolute atomic E-state index is 12.6. The van der Waals surface area contributed by atoms with Crippen molar-refractivity contribution in [3.05, 3.63) is 44.2 Å². The van der Waals surface area contributed by atoms with Crippen LogP contribution in [0, 0.1) is 18.3 Å². The van der Waals surface area contributed by atoms with Crippen LogP contribution >= 0.6 is 27.3 Å². The van der Waals surface area contributed by atoms with Gasteiger partial charge in [0.25, 0.3) is 0 Å². The Morgan fingerprint density at radius 3 is 2.69 bits per heavy atom. The fourth-order valence-electron chi connectivity index (χ4n) is 4.06. The van der Waals surface area contributed by atoms with Gasteiger partial charge in [-0.15, -0.1) is 11.3 Å². The summed E-state index contributed by atoms with van der Waals surface area (Å²) in [6.07, 6.45) is 3.71. The van der Waals surface area contributed by atoms with Crippen LogP contribution in [0.15, 0.2) is 22.7 Å². The van der Waals surface area contributed by atoms with Gasteiger partial charge in [-0.3, -0.25) is 4.79 Å². The summed E-state index contributed by atoms with van der Waals surface area (Å²) in [6, 6.07) is 5.91.